The first-order valence-corrected chi connectivity index (χ1v) is 9.37. The van der Waals surface area contributed by atoms with Crippen molar-refractivity contribution in [3.63, 3.8) is 0 Å². The first-order valence-electron chi connectivity index (χ1n) is 9.37. The molecule has 0 radical (unpaired) electrons. The quantitative estimate of drug-likeness (QED) is 0.366. The number of aliphatic hydroxyl groups is 2. The second kappa shape index (κ2) is 8.46. The van der Waals surface area contributed by atoms with Crippen LogP contribution in [0.4, 0.5) is 4.39 Å². The summed E-state index contributed by atoms with van der Waals surface area (Å²) in [4.78, 5) is 27.2. The van der Waals surface area contributed by atoms with E-state index in [4.69, 9.17) is 5.11 Å². The van der Waals surface area contributed by atoms with Crippen molar-refractivity contribution in [1.82, 2.24) is 25.3 Å². The normalized spacial score (nSPS) is 12.1. The third-order valence-electron chi connectivity index (χ3n) is 4.68. The number of nitrogens with one attached hydrogen (secondary N) is 2. The molecule has 4 aromatic rings. The van der Waals surface area contributed by atoms with Gasteiger partial charge in [0.05, 0.1) is 30.2 Å². The summed E-state index contributed by atoms with van der Waals surface area (Å²) in [5, 5.41) is 29.2. The van der Waals surface area contributed by atoms with Crippen LogP contribution in [0.1, 0.15) is 10.4 Å². The molecule has 158 valence electrons. The zero-order valence-corrected chi connectivity index (χ0v) is 16.1. The number of carbonyl (C=O) groups excluding carboxylic acids is 1. The Morgan fingerprint density at radius 3 is 2.71 bits per heavy atom. The number of nitrogens with zero attached hydrogens (tertiary/aromatic N) is 3. The van der Waals surface area contributed by atoms with Crippen LogP contribution in [0.5, 0.6) is 0 Å². The van der Waals surface area contributed by atoms with Gasteiger partial charge in [0.1, 0.15) is 11.5 Å². The number of hydrogen-bond donors (Lipinski definition) is 4. The third kappa shape index (κ3) is 4.34. The monoisotopic (exact) mass is 423 g/mol. The minimum absolute atomic E-state index is 0.0618. The zero-order chi connectivity index (χ0) is 22.0. The number of halogens is 1. The molecule has 0 saturated heterocycles. The highest BCUT2D eigenvalue weighted by molar-refractivity contribution is 5.94. The van der Waals surface area contributed by atoms with Gasteiger partial charge in [-0.05, 0) is 48.5 Å². The molecule has 2 aromatic heterocycles. The molecule has 0 aliphatic heterocycles. The van der Waals surface area contributed by atoms with Gasteiger partial charge in [-0.2, -0.15) is 0 Å². The lowest BCUT2D eigenvalue weighted by Gasteiger charge is -2.09. The summed E-state index contributed by atoms with van der Waals surface area (Å²) in [6.45, 7) is -0.503. The van der Waals surface area contributed by atoms with Crippen LogP contribution in [-0.2, 0) is 0 Å². The van der Waals surface area contributed by atoms with E-state index in [2.05, 4.69) is 20.6 Å². The van der Waals surface area contributed by atoms with Gasteiger partial charge in [-0.3, -0.25) is 9.59 Å². The summed E-state index contributed by atoms with van der Waals surface area (Å²) in [7, 11) is 0. The molecule has 0 aliphatic carbocycles. The fourth-order valence-corrected chi connectivity index (χ4v) is 3.02. The first-order chi connectivity index (χ1) is 14.9. The second-order valence-corrected chi connectivity index (χ2v) is 6.89. The summed E-state index contributed by atoms with van der Waals surface area (Å²) in [5.74, 6) is -0.808. The fraction of sp³-hybridized carbons (Fsp3) is 0.143. The number of carbonyl (C=O) groups is 1. The molecule has 2 heterocycles. The summed E-state index contributed by atoms with van der Waals surface area (Å²) in [6.07, 6.45) is 0.536. The van der Waals surface area contributed by atoms with Crippen molar-refractivity contribution in [1.29, 1.82) is 0 Å². The third-order valence-corrected chi connectivity index (χ3v) is 4.68. The van der Waals surface area contributed by atoms with Gasteiger partial charge in [0.25, 0.3) is 11.5 Å². The maximum atomic E-state index is 13.5. The van der Waals surface area contributed by atoms with Crippen molar-refractivity contribution in [2.45, 2.75) is 6.10 Å². The molecule has 2 aromatic carbocycles. The Kier molecular flexibility index (Phi) is 5.56. The highest BCUT2D eigenvalue weighted by Gasteiger charge is 2.12. The molecule has 0 fully saturated rings. The lowest BCUT2D eigenvalue weighted by Crippen LogP contribution is -2.33. The van der Waals surface area contributed by atoms with Gasteiger partial charge in [-0.1, -0.05) is 5.21 Å². The van der Waals surface area contributed by atoms with E-state index in [1.807, 2.05) is 0 Å². The largest absolute Gasteiger partial charge is 0.394 e. The predicted molar refractivity (Wildman–Crippen MR) is 110 cm³/mol. The van der Waals surface area contributed by atoms with Crippen LogP contribution in [0.2, 0.25) is 0 Å². The molecular weight excluding hydrogens is 405 g/mol. The molecule has 4 rings (SSSR count). The van der Waals surface area contributed by atoms with Crippen LogP contribution in [0, 0.1) is 5.82 Å². The van der Waals surface area contributed by atoms with E-state index in [1.165, 1.54) is 22.9 Å². The Morgan fingerprint density at radius 2 is 1.97 bits per heavy atom. The van der Waals surface area contributed by atoms with Crippen LogP contribution in [0.3, 0.4) is 0 Å². The zero-order valence-electron chi connectivity index (χ0n) is 16.1. The molecule has 1 atom stereocenters. The number of fused-ring (bicyclic) bond motifs is 1. The molecular formula is C21H18FN5O4. The molecule has 9 nitrogen and oxygen atoms in total. The molecule has 10 heteroatoms. The molecule has 1 amide bonds. The van der Waals surface area contributed by atoms with E-state index >= 15 is 0 Å². The summed E-state index contributed by atoms with van der Waals surface area (Å²) >= 11 is 0. The number of aromatic amines is 1. The molecule has 4 N–H and O–H groups in total. The van der Waals surface area contributed by atoms with Crippen LogP contribution in [-0.4, -0.2) is 55.4 Å². The fourth-order valence-electron chi connectivity index (χ4n) is 3.02. The van der Waals surface area contributed by atoms with Gasteiger partial charge in [0, 0.05) is 23.0 Å². The highest BCUT2D eigenvalue weighted by atomic mass is 19.1. The van der Waals surface area contributed by atoms with E-state index in [-0.39, 0.29) is 17.7 Å². The lowest BCUT2D eigenvalue weighted by atomic mass is 10.1. The maximum absolute atomic E-state index is 13.5. The van der Waals surface area contributed by atoms with Gasteiger partial charge >= 0.3 is 0 Å². The Labute approximate surface area is 174 Å². The van der Waals surface area contributed by atoms with E-state index in [0.29, 0.717) is 27.8 Å². The van der Waals surface area contributed by atoms with Crippen molar-refractivity contribution in [3.05, 3.63) is 76.5 Å². The SMILES string of the molecule is O=C(NC[C@@H](O)CO)c1ccc(-n2cc(-c3cc4cc(F)ccc4[nH]c3=O)nn2)cc1. The standard InChI is InChI=1S/C21H18FN5O4/c22-14-3-6-18-13(7-14)8-17(21(31)24-18)19-10-27(26-25-19)15-4-1-12(2-5-15)20(30)23-9-16(29)11-28/h1-8,10,16,28-29H,9,11H2,(H,23,30)(H,24,31)/t16-/m1/s1. The minimum atomic E-state index is -1.02. The van der Waals surface area contributed by atoms with Crippen LogP contribution < -0.4 is 10.9 Å². The van der Waals surface area contributed by atoms with Crippen molar-refractivity contribution >= 4 is 16.8 Å². The summed E-state index contributed by atoms with van der Waals surface area (Å²) in [6, 6.07) is 12.1. The number of amides is 1. The molecule has 0 saturated carbocycles. The number of pyridine rings is 1. The summed E-state index contributed by atoms with van der Waals surface area (Å²) < 4.78 is 15.0. The number of H-pyrrole nitrogens is 1. The topological polar surface area (TPSA) is 133 Å². The van der Waals surface area contributed by atoms with Crippen LogP contribution in [0.15, 0.2) is 59.5 Å². The number of hydrogen-bond acceptors (Lipinski definition) is 6. The van der Waals surface area contributed by atoms with Gasteiger partial charge in [0.15, 0.2) is 0 Å². The average molecular weight is 423 g/mol. The smallest absolute Gasteiger partial charge is 0.258 e. The Bertz CT molecular complexity index is 1300. The van der Waals surface area contributed by atoms with Crippen LogP contribution >= 0.6 is 0 Å². The minimum Gasteiger partial charge on any atom is -0.394 e. The first kappa shape index (κ1) is 20.4. The predicted octanol–water partition coefficient (Wildman–Crippen LogP) is 0.998. The average Bonchev–Trinajstić information content (AvgIpc) is 3.27. The molecule has 0 aliphatic rings. The van der Waals surface area contributed by atoms with Gasteiger partial charge in [-0.25, -0.2) is 9.07 Å². The molecule has 0 bridgehead atoms. The van der Waals surface area contributed by atoms with E-state index in [0.717, 1.165) is 0 Å². The maximum Gasteiger partial charge on any atom is 0.258 e. The second-order valence-electron chi connectivity index (χ2n) is 6.89. The van der Waals surface area contributed by atoms with Gasteiger partial charge in [0.2, 0.25) is 0 Å². The summed E-state index contributed by atoms with van der Waals surface area (Å²) in [5.41, 5.74) is 1.68. The van der Waals surface area contributed by atoms with E-state index < -0.39 is 24.4 Å². The lowest BCUT2D eigenvalue weighted by molar-refractivity contribution is 0.0802. The van der Waals surface area contributed by atoms with Crippen molar-refractivity contribution < 1.29 is 19.4 Å². The number of aliphatic hydroxyl groups excluding tert-OH is 2. The molecule has 31 heavy (non-hydrogen) atoms. The highest BCUT2D eigenvalue weighted by Crippen LogP contribution is 2.19. The van der Waals surface area contributed by atoms with E-state index in [1.54, 1.807) is 36.5 Å². The van der Waals surface area contributed by atoms with Gasteiger partial charge in [-0.15, -0.1) is 5.10 Å². The van der Waals surface area contributed by atoms with Gasteiger partial charge < -0.3 is 20.5 Å². The van der Waals surface area contributed by atoms with Crippen molar-refractivity contribution in [2.24, 2.45) is 0 Å². The van der Waals surface area contributed by atoms with Crippen molar-refractivity contribution in [3.8, 4) is 16.9 Å². The van der Waals surface area contributed by atoms with E-state index in [9.17, 15) is 19.1 Å². The Hall–Kier alpha value is -3.89. The van der Waals surface area contributed by atoms with Crippen LogP contribution in [0.25, 0.3) is 27.8 Å². The Morgan fingerprint density at radius 1 is 1.19 bits per heavy atom. The number of benzene rings is 2. The number of rotatable bonds is 6. The Balaban J connectivity index is 1.56. The number of aromatic nitrogens is 4. The molecule has 0 unspecified atom stereocenters. The van der Waals surface area contributed by atoms with Crippen molar-refractivity contribution in [2.75, 3.05) is 13.2 Å². The molecule has 0 spiro atoms.